The quantitative estimate of drug-likeness (QED) is 0.736. The molecule has 1 aromatic carbocycles. The van der Waals surface area contributed by atoms with E-state index in [1.165, 1.54) is 0 Å². The summed E-state index contributed by atoms with van der Waals surface area (Å²) in [7, 11) is 4.92. The molecular formula is C23H32FNO4. The van der Waals surface area contributed by atoms with E-state index < -0.39 is 5.67 Å². The van der Waals surface area contributed by atoms with Crippen molar-refractivity contribution in [1.82, 2.24) is 4.90 Å². The van der Waals surface area contributed by atoms with Gasteiger partial charge < -0.3 is 19.1 Å². The van der Waals surface area contributed by atoms with E-state index in [1.54, 1.807) is 39.5 Å². The Labute approximate surface area is 172 Å². The molecule has 2 bridgehead atoms. The highest BCUT2D eigenvalue weighted by atomic mass is 19.1. The van der Waals surface area contributed by atoms with Gasteiger partial charge in [0.25, 0.3) is 0 Å². The van der Waals surface area contributed by atoms with E-state index in [-0.39, 0.29) is 16.9 Å². The number of alkyl halides is 1. The number of amides is 1. The number of fused-ring (bicyclic) bond motifs is 3. The number of hydrogen-bond donors (Lipinski definition) is 0. The molecule has 0 spiro atoms. The van der Waals surface area contributed by atoms with Gasteiger partial charge in [0.15, 0.2) is 0 Å². The molecule has 1 aliphatic heterocycles. The van der Waals surface area contributed by atoms with Crippen molar-refractivity contribution in [2.75, 3.05) is 34.4 Å². The second-order valence-electron chi connectivity index (χ2n) is 9.03. The SMILES string of the molecule is COc1cc(OC)cc(C2(F)CCN(C(=O)C34CCC(OC)(CC3)CC4)CC2)c1. The van der Waals surface area contributed by atoms with Crippen LogP contribution in [0.2, 0.25) is 0 Å². The number of hydrogen-bond acceptors (Lipinski definition) is 4. The number of rotatable bonds is 5. The zero-order chi connectivity index (χ0) is 20.7. The van der Waals surface area contributed by atoms with Gasteiger partial charge in [0.2, 0.25) is 5.91 Å². The molecule has 3 saturated carbocycles. The van der Waals surface area contributed by atoms with Crippen LogP contribution in [0.1, 0.15) is 56.9 Å². The van der Waals surface area contributed by atoms with Crippen LogP contribution in [0.15, 0.2) is 18.2 Å². The highest BCUT2D eigenvalue weighted by Gasteiger charge is 2.54. The third-order valence-corrected chi connectivity index (χ3v) is 7.78. The molecule has 4 fully saturated rings. The minimum absolute atomic E-state index is 0.0105. The van der Waals surface area contributed by atoms with Gasteiger partial charge in [0.1, 0.15) is 17.2 Å². The molecule has 0 aromatic heterocycles. The first-order valence-electron chi connectivity index (χ1n) is 10.6. The largest absolute Gasteiger partial charge is 0.497 e. The zero-order valence-electron chi connectivity index (χ0n) is 17.8. The Kier molecular flexibility index (Phi) is 5.26. The van der Waals surface area contributed by atoms with E-state index in [2.05, 4.69) is 0 Å². The zero-order valence-corrected chi connectivity index (χ0v) is 17.8. The molecule has 0 unspecified atom stereocenters. The van der Waals surface area contributed by atoms with E-state index in [0.717, 1.165) is 38.5 Å². The van der Waals surface area contributed by atoms with Crippen LogP contribution in [0, 0.1) is 5.41 Å². The summed E-state index contributed by atoms with van der Waals surface area (Å²) in [6, 6.07) is 5.23. The van der Waals surface area contributed by atoms with E-state index in [4.69, 9.17) is 14.2 Å². The Balaban J connectivity index is 1.45. The van der Waals surface area contributed by atoms with Crippen LogP contribution in [0.5, 0.6) is 11.5 Å². The number of halogens is 1. The lowest BCUT2D eigenvalue weighted by molar-refractivity contribution is -0.165. The summed E-state index contributed by atoms with van der Waals surface area (Å²) < 4.78 is 32.2. The Morgan fingerprint density at radius 2 is 1.38 bits per heavy atom. The summed E-state index contributed by atoms with van der Waals surface area (Å²) in [5, 5.41) is 0. The Bertz CT molecular complexity index is 725. The predicted octanol–water partition coefficient (Wildman–Crippen LogP) is 4.23. The standard InChI is InChI=1S/C23H32FNO4/c1-27-18-14-17(15-19(16-18)28-2)23(24)10-12-25(13-11-23)20(26)21-4-7-22(29-3,8-5-21)9-6-21/h14-16H,4-13H2,1-3H3. The number of methoxy groups -OCH3 is 3. The van der Waals surface area contributed by atoms with Crippen LogP contribution in [0.25, 0.3) is 0 Å². The fourth-order valence-electron chi connectivity index (χ4n) is 5.53. The van der Waals surface area contributed by atoms with Crippen molar-refractivity contribution in [2.24, 2.45) is 5.41 Å². The maximum atomic E-state index is 15.8. The van der Waals surface area contributed by atoms with Gasteiger partial charge in [-0.2, -0.15) is 0 Å². The van der Waals surface area contributed by atoms with Crippen LogP contribution < -0.4 is 9.47 Å². The Hall–Kier alpha value is -1.82. The van der Waals surface area contributed by atoms with Gasteiger partial charge in [-0.25, -0.2) is 4.39 Å². The van der Waals surface area contributed by atoms with Crippen molar-refractivity contribution in [3.05, 3.63) is 23.8 Å². The molecule has 1 saturated heterocycles. The maximum Gasteiger partial charge on any atom is 0.228 e. The van der Waals surface area contributed by atoms with E-state index in [0.29, 0.717) is 43.0 Å². The van der Waals surface area contributed by atoms with Crippen molar-refractivity contribution in [2.45, 2.75) is 62.6 Å². The summed E-state index contributed by atoms with van der Waals surface area (Å²) in [5.41, 5.74) is -1.17. The molecule has 6 heteroatoms. The van der Waals surface area contributed by atoms with Crippen molar-refractivity contribution in [1.29, 1.82) is 0 Å². The fourth-order valence-corrected chi connectivity index (χ4v) is 5.53. The summed E-state index contributed by atoms with van der Waals surface area (Å²) >= 11 is 0. The lowest BCUT2D eigenvalue weighted by atomic mass is 9.58. The third-order valence-electron chi connectivity index (χ3n) is 7.78. The molecule has 4 aliphatic rings. The number of likely N-dealkylation sites (tertiary alicyclic amines) is 1. The van der Waals surface area contributed by atoms with Crippen molar-refractivity contribution in [3.63, 3.8) is 0 Å². The summed E-state index contributed by atoms with van der Waals surface area (Å²) in [4.78, 5) is 15.3. The molecule has 5 nitrogen and oxygen atoms in total. The van der Waals surface area contributed by atoms with Gasteiger partial charge in [-0.05, 0) is 56.2 Å². The van der Waals surface area contributed by atoms with Gasteiger partial charge in [-0.15, -0.1) is 0 Å². The van der Waals surface area contributed by atoms with Gasteiger partial charge in [0.05, 0.1) is 19.8 Å². The number of benzene rings is 1. The van der Waals surface area contributed by atoms with Gasteiger partial charge >= 0.3 is 0 Å². The number of nitrogens with zero attached hydrogens (tertiary/aromatic N) is 1. The minimum Gasteiger partial charge on any atom is -0.497 e. The fraction of sp³-hybridized carbons (Fsp3) is 0.696. The first-order valence-corrected chi connectivity index (χ1v) is 10.6. The van der Waals surface area contributed by atoms with Crippen LogP contribution in [-0.4, -0.2) is 50.8 Å². The molecule has 0 radical (unpaired) electrons. The van der Waals surface area contributed by atoms with Crippen LogP contribution in [-0.2, 0) is 15.2 Å². The average molecular weight is 406 g/mol. The second kappa shape index (κ2) is 7.46. The first-order chi connectivity index (χ1) is 13.9. The molecule has 1 amide bonds. The molecule has 0 atom stereocenters. The van der Waals surface area contributed by atoms with E-state index in [9.17, 15) is 4.79 Å². The maximum absolute atomic E-state index is 15.8. The molecule has 160 valence electrons. The highest BCUT2D eigenvalue weighted by molar-refractivity contribution is 5.83. The van der Waals surface area contributed by atoms with Crippen molar-refractivity contribution >= 4 is 5.91 Å². The average Bonchev–Trinajstić information content (AvgIpc) is 2.80. The highest BCUT2D eigenvalue weighted by Crippen LogP contribution is 2.55. The lowest BCUT2D eigenvalue weighted by Crippen LogP contribution is -2.56. The topological polar surface area (TPSA) is 48.0 Å². The molecule has 29 heavy (non-hydrogen) atoms. The van der Waals surface area contributed by atoms with E-state index >= 15 is 4.39 Å². The van der Waals surface area contributed by atoms with Crippen LogP contribution in [0.3, 0.4) is 0 Å². The normalized spacial score (nSPS) is 30.8. The number of carbonyl (C=O) groups excluding carboxylic acids is 1. The first kappa shape index (κ1) is 20.5. The summed E-state index contributed by atoms with van der Waals surface area (Å²) in [6.45, 7) is 0.901. The minimum atomic E-state index is -1.47. The van der Waals surface area contributed by atoms with Crippen LogP contribution in [0.4, 0.5) is 4.39 Å². The molecule has 5 rings (SSSR count). The summed E-state index contributed by atoms with van der Waals surface area (Å²) in [5.74, 6) is 1.40. The lowest BCUT2D eigenvalue weighted by Gasteiger charge is -2.53. The monoisotopic (exact) mass is 405 g/mol. The smallest absolute Gasteiger partial charge is 0.228 e. The van der Waals surface area contributed by atoms with Gasteiger partial charge in [-0.1, -0.05) is 0 Å². The molecular weight excluding hydrogens is 373 g/mol. The third kappa shape index (κ3) is 3.49. The number of ether oxygens (including phenoxy) is 3. The van der Waals surface area contributed by atoms with Crippen LogP contribution >= 0.6 is 0 Å². The summed E-state index contributed by atoms with van der Waals surface area (Å²) in [6.07, 6.45) is 6.15. The molecule has 0 N–H and O–H groups in total. The molecule has 1 heterocycles. The van der Waals surface area contributed by atoms with Crippen molar-refractivity contribution in [3.8, 4) is 11.5 Å². The van der Waals surface area contributed by atoms with E-state index in [1.807, 2.05) is 4.90 Å². The van der Waals surface area contributed by atoms with Gasteiger partial charge in [-0.3, -0.25) is 4.79 Å². The molecule has 3 aliphatic carbocycles. The van der Waals surface area contributed by atoms with Gasteiger partial charge in [0, 0.05) is 44.5 Å². The second-order valence-corrected chi connectivity index (χ2v) is 9.03. The Morgan fingerprint density at radius 3 is 1.83 bits per heavy atom. The number of carbonyl (C=O) groups is 1. The Morgan fingerprint density at radius 1 is 0.862 bits per heavy atom. The van der Waals surface area contributed by atoms with Crippen molar-refractivity contribution < 1.29 is 23.4 Å². The molecule has 1 aromatic rings. The predicted molar refractivity (Wildman–Crippen MR) is 108 cm³/mol. The number of piperidine rings is 1.